The molecule has 232 valence electrons. The molecule has 2 unspecified atom stereocenters. The number of nitrogens with one attached hydrogen (secondary N) is 4. The lowest BCUT2D eigenvalue weighted by Gasteiger charge is -2.47. The van der Waals surface area contributed by atoms with Crippen LogP contribution >= 0.6 is 44.1 Å². The first-order valence-corrected chi connectivity index (χ1v) is 16.5. The van der Waals surface area contributed by atoms with Gasteiger partial charge in [0.15, 0.2) is 16.2 Å². The second kappa shape index (κ2) is 10.9. The van der Waals surface area contributed by atoms with Crippen LogP contribution in [-0.2, 0) is 30.1 Å². The van der Waals surface area contributed by atoms with E-state index in [1.165, 1.54) is 0 Å². The zero-order valence-corrected chi connectivity index (χ0v) is 27.5. The molecule has 0 bridgehead atoms. The van der Waals surface area contributed by atoms with Crippen molar-refractivity contribution in [2.75, 3.05) is 26.4 Å². The van der Waals surface area contributed by atoms with E-state index in [-0.39, 0.29) is 17.4 Å². The second-order valence-corrected chi connectivity index (χ2v) is 14.3. The number of imide groups is 1. The molecule has 11 nitrogen and oxygen atoms in total. The summed E-state index contributed by atoms with van der Waals surface area (Å²) in [5.74, 6) is 0.967. The molecule has 14 heteroatoms. The number of hydrogen-bond donors (Lipinski definition) is 4. The highest BCUT2D eigenvalue weighted by Gasteiger charge is 2.59. The molecular formula is C30H30Br2N4O7S. The fraction of sp³-hybridized carbons (Fsp3) is 0.467. The molecule has 0 radical (unpaired) electrons. The quantitative estimate of drug-likeness (QED) is 0.234. The van der Waals surface area contributed by atoms with E-state index in [1.807, 2.05) is 36.4 Å². The van der Waals surface area contributed by atoms with Gasteiger partial charge >= 0.3 is 6.03 Å². The van der Waals surface area contributed by atoms with Gasteiger partial charge in [0.2, 0.25) is 0 Å². The Hall–Kier alpha value is -2.78. The van der Waals surface area contributed by atoms with Gasteiger partial charge in [0.25, 0.3) is 11.8 Å². The molecule has 4 fully saturated rings. The molecule has 0 saturated carbocycles. The number of thiocarbonyl (C=S) groups is 1. The Bertz CT molecular complexity index is 1460. The predicted molar refractivity (Wildman–Crippen MR) is 168 cm³/mol. The van der Waals surface area contributed by atoms with Gasteiger partial charge in [-0.25, -0.2) is 4.79 Å². The number of rotatable bonds is 0. The van der Waals surface area contributed by atoms with Crippen molar-refractivity contribution in [1.29, 1.82) is 0 Å². The summed E-state index contributed by atoms with van der Waals surface area (Å²) in [6, 6.07) is 10.9. The standard InChI is InChI=1S/C15H15BrN2O4.C15H15BrN2O3S/c16-9-1-2-11-10(7-9)15(12(19)17-13(20)18-15)8-14(22-11)3-5-21-6-4-14;16-9-1-2-11-10(7-9)15(12(19)17-13(22)18-15)8-14(21-11)3-5-20-6-4-14/h1-2,7H,3-6,8H2,(H2,17,18,19,20);1-2,7H,3-6,8H2,(H2,17,18,19,22). The number of amides is 4. The third-order valence-corrected chi connectivity index (χ3v) is 10.5. The SMILES string of the molecule is O=C1NC(=O)C2(CC3(CCOCC3)Oc3ccc(Br)cc32)N1.O=C1NC(=S)NC12CC1(CCOCC1)Oc1ccc(Br)cc12. The normalized spacial score (nSPS) is 29.0. The number of urea groups is 1. The molecular weight excluding hydrogens is 720 g/mol. The molecule has 2 aromatic rings. The van der Waals surface area contributed by atoms with Crippen molar-refractivity contribution < 1.29 is 33.3 Å². The first kappa shape index (κ1) is 29.9. The van der Waals surface area contributed by atoms with E-state index in [9.17, 15) is 14.4 Å². The summed E-state index contributed by atoms with van der Waals surface area (Å²) in [5.41, 5.74) is -1.26. The van der Waals surface area contributed by atoms with Gasteiger partial charge in [0, 0.05) is 58.6 Å². The Morgan fingerprint density at radius 3 is 1.52 bits per heavy atom. The van der Waals surface area contributed by atoms with Crippen LogP contribution in [0.1, 0.15) is 49.7 Å². The summed E-state index contributed by atoms with van der Waals surface area (Å²) in [6.07, 6.45) is 3.92. The maximum Gasteiger partial charge on any atom is 0.322 e. The predicted octanol–water partition coefficient (Wildman–Crippen LogP) is 3.80. The highest BCUT2D eigenvalue weighted by molar-refractivity contribution is 9.10. The maximum atomic E-state index is 12.7. The van der Waals surface area contributed by atoms with Crippen LogP contribution in [0.15, 0.2) is 45.3 Å². The van der Waals surface area contributed by atoms with E-state index in [0.29, 0.717) is 68.5 Å². The van der Waals surface area contributed by atoms with Crippen molar-refractivity contribution in [2.45, 2.75) is 60.8 Å². The average Bonchev–Trinajstić information content (AvgIpc) is 3.43. The average molecular weight is 750 g/mol. The van der Waals surface area contributed by atoms with E-state index >= 15 is 0 Å². The number of carbonyl (C=O) groups excluding carboxylic acids is 3. The Kier molecular flexibility index (Phi) is 7.43. The van der Waals surface area contributed by atoms with Crippen molar-refractivity contribution in [3.63, 3.8) is 0 Å². The smallest absolute Gasteiger partial charge is 0.322 e. The number of carbonyl (C=O) groups is 3. The van der Waals surface area contributed by atoms with E-state index < -0.39 is 22.7 Å². The fourth-order valence-corrected chi connectivity index (χ4v) is 8.19. The Balaban J connectivity index is 0.000000142. The minimum atomic E-state index is -1.06. The lowest BCUT2D eigenvalue weighted by molar-refractivity contribution is -0.132. The number of halogens is 2. The topological polar surface area (TPSA) is 136 Å². The number of benzene rings is 2. The van der Waals surface area contributed by atoms with Crippen molar-refractivity contribution in [2.24, 2.45) is 0 Å². The summed E-state index contributed by atoms with van der Waals surface area (Å²) in [7, 11) is 0. The summed E-state index contributed by atoms with van der Waals surface area (Å²) < 4.78 is 25.2. The summed E-state index contributed by atoms with van der Waals surface area (Å²) >= 11 is 12.1. The molecule has 2 aromatic carbocycles. The van der Waals surface area contributed by atoms with Gasteiger partial charge in [0.05, 0.1) is 26.4 Å². The molecule has 4 N–H and O–H groups in total. The van der Waals surface area contributed by atoms with Crippen LogP contribution in [0.4, 0.5) is 4.79 Å². The first-order chi connectivity index (χ1) is 21.1. The summed E-state index contributed by atoms with van der Waals surface area (Å²) in [5, 5.41) is 11.5. The van der Waals surface area contributed by atoms with Gasteiger partial charge in [-0.1, -0.05) is 31.9 Å². The molecule has 6 aliphatic heterocycles. The fourth-order valence-electron chi connectivity index (χ4n) is 7.20. The van der Waals surface area contributed by atoms with Crippen LogP contribution in [-0.4, -0.2) is 60.6 Å². The Morgan fingerprint density at radius 1 is 0.659 bits per heavy atom. The molecule has 8 rings (SSSR count). The minimum Gasteiger partial charge on any atom is -0.487 e. The van der Waals surface area contributed by atoms with Gasteiger partial charge in [-0.15, -0.1) is 0 Å². The highest BCUT2D eigenvalue weighted by atomic mass is 79.9. The first-order valence-electron chi connectivity index (χ1n) is 14.5. The van der Waals surface area contributed by atoms with Crippen LogP contribution in [0.25, 0.3) is 0 Å². The molecule has 0 aromatic heterocycles. The largest absolute Gasteiger partial charge is 0.487 e. The third kappa shape index (κ3) is 4.98. The van der Waals surface area contributed by atoms with Gasteiger partial charge in [0.1, 0.15) is 22.7 Å². The van der Waals surface area contributed by atoms with Gasteiger partial charge in [-0.3, -0.25) is 14.9 Å². The molecule has 4 spiro atoms. The molecule has 6 heterocycles. The highest BCUT2D eigenvalue weighted by Crippen LogP contribution is 2.50. The molecule has 4 saturated heterocycles. The summed E-state index contributed by atoms with van der Waals surface area (Å²) in [6.45, 7) is 2.48. The maximum absolute atomic E-state index is 12.7. The van der Waals surface area contributed by atoms with Crippen molar-refractivity contribution in [1.82, 2.24) is 21.3 Å². The van der Waals surface area contributed by atoms with E-state index in [1.54, 1.807) is 0 Å². The van der Waals surface area contributed by atoms with Crippen molar-refractivity contribution in [3.05, 3.63) is 56.5 Å². The molecule has 6 aliphatic rings. The lowest BCUT2D eigenvalue weighted by Crippen LogP contribution is -2.57. The van der Waals surface area contributed by atoms with Crippen LogP contribution in [0.2, 0.25) is 0 Å². The van der Waals surface area contributed by atoms with Crippen molar-refractivity contribution in [3.8, 4) is 11.5 Å². The van der Waals surface area contributed by atoms with Crippen LogP contribution in [0, 0.1) is 0 Å². The monoisotopic (exact) mass is 748 g/mol. The number of ether oxygens (including phenoxy) is 4. The van der Waals surface area contributed by atoms with Gasteiger partial charge in [-0.2, -0.15) is 0 Å². The zero-order valence-electron chi connectivity index (χ0n) is 23.6. The zero-order chi connectivity index (χ0) is 30.7. The molecule has 4 amide bonds. The summed E-state index contributed by atoms with van der Waals surface area (Å²) in [4.78, 5) is 37.0. The molecule has 2 atom stereocenters. The van der Waals surface area contributed by atoms with Crippen LogP contribution < -0.4 is 30.7 Å². The minimum absolute atomic E-state index is 0.106. The number of fused-ring (bicyclic) bond motifs is 4. The Morgan fingerprint density at radius 2 is 1.11 bits per heavy atom. The second-order valence-electron chi connectivity index (χ2n) is 12.1. The van der Waals surface area contributed by atoms with E-state index in [2.05, 4.69) is 53.1 Å². The van der Waals surface area contributed by atoms with Crippen molar-refractivity contribution >= 4 is 67.0 Å². The van der Waals surface area contributed by atoms with E-state index in [4.69, 9.17) is 31.2 Å². The van der Waals surface area contributed by atoms with E-state index in [0.717, 1.165) is 33.1 Å². The molecule has 44 heavy (non-hydrogen) atoms. The Labute approximate surface area is 275 Å². The van der Waals surface area contributed by atoms with Crippen LogP contribution in [0.5, 0.6) is 11.5 Å². The van der Waals surface area contributed by atoms with Gasteiger partial charge in [-0.05, 0) is 48.6 Å². The lowest BCUT2D eigenvalue weighted by atomic mass is 9.73. The van der Waals surface area contributed by atoms with Crippen LogP contribution in [0.3, 0.4) is 0 Å². The molecule has 0 aliphatic carbocycles. The third-order valence-electron chi connectivity index (χ3n) is 9.32. The van der Waals surface area contributed by atoms with Gasteiger partial charge < -0.3 is 34.9 Å². The number of hydrogen-bond acceptors (Lipinski definition) is 8.